The van der Waals surface area contributed by atoms with Crippen LogP contribution in [0.4, 0.5) is 5.69 Å². The SMILES string of the molecule is Cc1cc(C)nc(Oc2cccc(NC(=O)CC34CC5CC(CC(C5)C3)C4)c2)n1. The van der Waals surface area contributed by atoms with Crippen LogP contribution in [0.5, 0.6) is 11.8 Å². The minimum absolute atomic E-state index is 0.131. The largest absolute Gasteiger partial charge is 0.424 e. The maximum Gasteiger partial charge on any atom is 0.322 e. The summed E-state index contributed by atoms with van der Waals surface area (Å²) in [4.78, 5) is 21.5. The Hall–Kier alpha value is -2.43. The molecule has 4 aliphatic carbocycles. The maximum atomic E-state index is 12.9. The number of nitrogens with zero attached hydrogens (tertiary/aromatic N) is 2. The van der Waals surface area contributed by atoms with E-state index in [1.54, 1.807) is 0 Å². The number of ether oxygens (including phenoxy) is 1. The molecule has 29 heavy (non-hydrogen) atoms. The number of anilines is 1. The predicted molar refractivity (Wildman–Crippen MR) is 112 cm³/mol. The molecule has 1 aromatic heterocycles. The van der Waals surface area contributed by atoms with Gasteiger partial charge in [0.05, 0.1) is 0 Å². The van der Waals surface area contributed by atoms with Crippen molar-refractivity contribution in [1.82, 2.24) is 9.97 Å². The summed E-state index contributed by atoms with van der Waals surface area (Å²) in [5, 5.41) is 3.11. The van der Waals surface area contributed by atoms with Crippen molar-refractivity contribution in [3.63, 3.8) is 0 Å². The molecule has 0 radical (unpaired) electrons. The van der Waals surface area contributed by atoms with Crippen molar-refractivity contribution in [3.05, 3.63) is 41.7 Å². The van der Waals surface area contributed by atoms with E-state index < -0.39 is 0 Å². The average Bonchev–Trinajstić information content (AvgIpc) is 2.59. The first kappa shape index (κ1) is 18.6. The minimum Gasteiger partial charge on any atom is -0.424 e. The zero-order valence-electron chi connectivity index (χ0n) is 17.3. The fourth-order valence-electron chi connectivity index (χ4n) is 6.53. The van der Waals surface area contributed by atoms with Crippen LogP contribution in [0.1, 0.15) is 56.3 Å². The van der Waals surface area contributed by atoms with Crippen LogP contribution < -0.4 is 10.1 Å². The Bertz CT molecular complexity index is 884. The molecule has 0 spiro atoms. The monoisotopic (exact) mass is 391 g/mol. The highest BCUT2D eigenvalue weighted by atomic mass is 16.5. The van der Waals surface area contributed by atoms with Crippen molar-refractivity contribution in [2.24, 2.45) is 23.2 Å². The Morgan fingerprint density at radius 3 is 2.28 bits per heavy atom. The molecule has 4 aliphatic rings. The second-order valence-corrected chi connectivity index (χ2v) is 9.71. The summed E-state index contributed by atoms with van der Waals surface area (Å²) in [6.07, 6.45) is 8.61. The molecule has 0 saturated heterocycles. The molecule has 1 heterocycles. The molecule has 0 atom stereocenters. The number of aryl methyl sites for hydroxylation is 2. The number of aromatic nitrogens is 2. The zero-order chi connectivity index (χ0) is 20.0. The second-order valence-electron chi connectivity index (χ2n) is 9.71. The van der Waals surface area contributed by atoms with Crippen LogP contribution in [0.2, 0.25) is 0 Å². The lowest BCUT2D eigenvalue weighted by Gasteiger charge is -2.56. The highest BCUT2D eigenvalue weighted by Crippen LogP contribution is 2.61. The highest BCUT2D eigenvalue weighted by Gasteiger charge is 2.51. The lowest BCUT2D eigenvalue weighted by Crippen LogP contribution is -2.47. The number of hydrogen-bond acceptors (Lipinski definition) is 4. The van der Waals surface area contributed by atoms with Crippen LogP contribution in [0, 0.1) is 37.0 Å². The summed E-state index contributed by atoms with van der Waals surface area (Å²) in [5.74, 6) is 3.35. The molecule has 1 N–H and O–H groups in total. The van der Waals surface area contributed by atoms with Gasteiger partial charge in [0.15, 0.2) is 0 Å². The summed E-state index contributed by atoms with van der Waals surface area (Å²) in [7, 11) is 0. The van der Waals surface area contributed by atoms with Crippen molar-refractivity contribution in [2.75, 3.05) is 5.32 Å². The molecule has 152 valence electrons. The molecule has 2 aromatic rings. The molecule has 4 fully saturated rings. The standard InChI is InChI=1S/C24H29N3O2/c1-15-6-16(2)26-23(25-15)29-21-5-3-4-20(10-21)27-22(28)14-24-11-17-7-18(12-24)9-19(8-17)13-24/h3-6,10,17-19H,7-9,11-14H2,1-2H3,(H,27,28). The molecular weight excluding hydrogens is 362 g/mol. The number of benzene rings is 1. The third-order valence-electron chi connectivity index (χ3n) is 6.99. The fraction of sp³-hybridized carbons (Fsp3) is 0.542. The highest BCUT2D eigenvalue weighted by molar-refractivity contribution is 5.91. The van der Waals surface area contributed by atoms with E-state index in [1.807, 2.05) is 44.2 Å². The molecule has 5 nitrogen and oxygen atoms in total. The van der Waals surface area contributed by atoms with Gasteiger partial charge in [-0.2, -0.15) is 0 Å². The van der Waals surface area contributed by atoms with E-state index in [4.69, 9.17) is 4.74 Å². The van der Waals surface area contributed by atoms with E-state index in [-0.39, 0.29) is 11.3 Å². The summed E-state index contributed by atoms with van der Waals surface area (Å²) in [5.41, 5.74) is 2.75. The van der Waals surface area contributed by atoms with Crippen molar-refractivity contribution in [1.29, 1.82) is 0 Å². The van der Waals surface area contributed by atoms with Gasteiger partial charge in [-0.05, 0) is 93.7 Å². The number of amides is 1. The quantitative estimate of drug-likeness (QED) is 0.738. The van der Waals surface area contributed by atoms with Gasteiger partial charge < -0.3 is 10.1 Å². The molecule has 5 heteroatoms. The van der Waals surface area contributed by atoms with Gasteiger partial charge in [0.1, 0.15) is 5.75 Å². The second kappa shape index (κ2) is 7.12. The van der Waals surface area contributed by atoms with Crippen LogP contribution in [0.25, 0.3) is 0 Å². The fourth-order valence-corrected chi connectivity index (χ4v) is 6.53. The Morgan fingerprint density at radius 1 is 1.03 bits per heavy atom. The van der Waals surface area contributed by atoms with Gasteiger partial charge in [-0.15, -0.1) is 0 Å². The number of rotatable bonds is 5. The van der Waals surface area contributed by atoms with Gasteiger partial charge >= 0.3 is 6.01 Å². The Balaban J connectivity index is 1.25. The minimum atomic E-state index is 0.131. The summed E-state index contributed by atoms with van der Waals surface area (Å²) in [6.45, 7) is 3.84. The van der Waals surface area contributed by atoms with Gasteiger partial charge in [0.2, 0.25) is 5.91 Å². The predicted octanol–water partition coefficient (Wildman–Crippen LogP) is 5.43. The van der Waals surface area contributed by atoms with Gasteiger partial charge in [0.25, 0.3) is 0 Å². The first-order valence-corrected chi connectivity index (χ1v) is 10.8. The van der Waals surface area contributed by atoms with E-state index in [0.29, 0.717) is 18.2 Å². The van der Waals surface area contributed by atoms with Crippen molar-refractivity contribution in [2.45, 2.75) is 58.8 Å². The third kappa shape index (κ3) is 4.00. The number of carbonyl (C=O) groups excluding carboxylic acids is 1. The van der Waals surface area contributed by atoms with Crippen molar-refractivity contribution >= 4 is 11.6 Å². The maximum absolute atomic E-state index is 12.9. The van der Waals surface area contributed by atoms with E-state index >= 15 is 0 Å². The smallest absolute Gasteiger partial charge is 0.322 e. The van der Waals surface area contributed by atoms with E-state index in [0.717, 1.165) is 34.8 Å². The lowest BCUT2D eigenvalue weighted by atomic mass is 9.49. The van der Waals surface area contributed by atoms with E-state index in [2.05, 4.69) is 15.3 Å². The van der Waals surface area contributed by atoms with Gasteiger partial charge in [-0.25, -0.2) is 9.97 Å². The van der Waals surface area contributed by atoms with Crippen LogP contribution >= 0.6 is 0 Å². The number of hydrogen-bond donors (Lipinski definition) is 1. The number of nitrogens with one attached hydrogen (secondary N) is 1. The normalized spacial score (nSPS) is 29.7. The summed E-state index contributed by atoms with van der Waals surface area (Å²) >= 11 is 0. The first-order valence-electron chi connectivity index (χ1n) is 10.8. The van der Waals surface area contributed by atoms with Gasteiger partial charge in [-0.3, -0.25) is 4.79 Å². The van der Waals surface area contributed by atoms with Crippen molar-refractivity contribution < 1.29 is 9.53 Å². The Labute approximate surface area is 172 Å². The van der Waals surface area contributed by atoms with Crippen LogP contribution in [-0.4, -0.2) is 15.9 Å². The van der Waals surface area contributed by atoms with Crippen LogP contribution in [0.15, 0.2) is 30.3 Å². The average molecular weight is 392 g/mol. The molecular formula is C24H29N3O2. The third-order valence-corrected chi connectivity index (χ3v) is 6.99. The lowest BCUT2D eigenvalue weighted by molar-refractivity contribution is -0.124. The van der Waals surface area contributed by atoms with Crippen molar-refractivity contribution in [3.8, 4) is 11.8 Å². The molecule has 4 saturated carbocycles. The topological polar surface area (TPSA) is 64.1 Å². The van der Waals surface area contributed by atoms with Gasteiger partial charge in [-0.1, -0.05) is 6.07 Å². The molecule has 1 aromatic carbocycles. The first-order chi connectivity index (χ1) is 13.9. The Morgan fingerprint density at radius 2 is 1.66 bits per heavy atom. The molecule has 6 rings (SSSR count). The van der Waals surface area contributed by atoms with Crippen LogP contribution in [0.3, 0.4) is 0 Å². The molecule has 4 bridgehead atoms. The van der Waals surface area contributed by atoms with E-state index in [1.165, 1.54) is 38.5 Å². The number of carbonyl (C=O) groups is 1. The Kier molecular flexibility index (Phi) is 4.56. The van der Waals surface area contributed by atoms with E-state index in [9.17, 15) is 4.79 Å². The van der Waals surface area contributed by atoms with Crippen LogP contribution in [-0.2, 0) is 4.79 Å². The molecule has 0 unspecified atom stereocenters. The summed E-state index contributed by atoms with van der Waals surface area (Å²) in [6, 6.07) is 9.74. The molecule has 0 aliphatic heterocycles. The zero-order valence-corrected chi connectivity index (χ0v) is 17.3. The summed E-state index contributed by atoms with van der Waals surface area (Å²) < 4.78 is 5.82. The molecule has 1 amide bonds. The van der Waals surface area contributed by atoms with Gasteiger partial charge in [0, 0.05) is 29.6 Å².